The summed E-state index contributed by atoms with van der Waals surface area (Å²) in [4.78, 5) is 15.3. The average molecular weight is 323 g/mol. The minimum atomic E-state index is -0.327. The third-order valence-electron chi connectivity index (χ3n) is 4.96. The van der Waals surface area contributed by atoms with Gasteiger partial charge in [-0.1, -0.05) is 44.2 Å². The van der Waals surface area contributed by atoms with Gasteiger partial charge < -0.3 is 10.2 Å². The van der Waals surface area contributed by atoms with Crippen molar-refractivity contribution in [3.05, 3.63) is 35.9 Å². The van der Waals surface area contributed by atoms with E-state index in [9.17, 15) is 4.79 Å². The Hall–Kier alpha value is -1.06. The van der Waals surface area contributed by atoms with E-state index in [4.69, 9.17) is 0 Å². The van der Waals surface area contributed by atoms with Crippen LogP contribution in [0, 0.1) is 5.41 Å². The Kier molecular flexibility index (Phi) is 5.51. The Morgan fingerprint density at radius 3 is 2.59 bits per heavy atom. The van der Waals surface area contributed by atoms with Gasteiger partial charge in [0.15, 0.2) is 0 Å². The lowest BCUT2D eigenvalue weighted by molar-refractivity contribution is -0.143. The number of carbonyl (C=O) groups excluding carboxylic acids is 1. The Labute approximate surface area is 139 Å². The van der Waals surface area contributed by atoms with Crippen LogP contribution in [0.5, 0.6) is 0 Å². The number of benzene rings is 1. The molecular weight excluding hydrogens is 296 g/mol. The molecule has 2 aliphatic rings. The molecule has 1 amide bonds. The molecule has 3 nitrogen and oxygen atoms in total. The fraction of sp³-hybridized carbons (Fsp3) is 0.611. The minimum absolute atomic E-state index is 0. The number of hydrogen-bond donors (Lipinski definition) is 1. The number of carbonyl (C=O) groups is 1. The Balaban J connectivity index is 0.00000176. The summed E-state index contributed by atoms with van der Waals surface area (Å²) >= 11 is 0. The molecule has 3 rings (SSSR count). The van der Waals surface area contributed by atoms with Crippen molar-refractivity contribution in [2.45, 2.75) is 51.6 Å². The zero-order valence-electron chi connectivity index (χ0n) is 13.5. The van der Waals surface area contributed by atoms with Crippen LogP contribution >= 0.6 is 12.4 Å². The van der Waals surface area contributed by atoms with Gasteiger partial charge in [0.1, 0.15) is 0 Å². The van der Waals surface area contributed by atoms with Crippen LogP contribution in [0.15, 0.2) is 30.3 Å². The highest BCUT2D eigenvalue weighted by Gasteiger charge is 2.43. The molecule has 2 heterocycles. The molecule has 4 heteroatoms. The molecule has 2 aliphatic heterocycles. The second kappa shape index (κ2) is 7.01. The number of nitrogens with zero attached hydrogens (tertiary/aromatic N) is 1. The smallest absolute Gasteiger partial charge is 0.229 e. The van der Waals surface area contributed by atoms with Crippen LogP contribution in [0.3, 0.4) is 0 Å². The predicted octanol–water partition coefficient (Wildman–Crippen LogP) is 3.03. The van der Waals surface area contributed by atoms with E-state index in [1.807, 2.05) is 6.07 Å². The zero-order valence-corrected chi connectivity index (χ0v) is 14.4. The van der Waals surface area contributed by atoms with Gasteiger partial charge in [-0.25, -0.2) is 0 Å². The average Bonchev–Trinajstić information content (AvgIpc) is 2.71. The SMILES string of the molecule is CC(C)(Cc1ccccc1)C(=O)N1C2CCNCC1CC2.Cl. The van der Waals surface area contributed by atoms with E-state index < -0.39 is 0 Å². The van der Waals surface area contributed by atoms with Gasteiger partial charge in [-0.2, -0.15) is 0 Å². The lowest BCUT2D eigenvalue weighted by Gasteiger charge is -2.35. The Morgan fingerprint density at radius 2 is 1.86 bits per heavy atom. The summed E-state index contributed by atoms with van der Waals surface area (Å²) in [5.41, 5.74) is 0.920. The second-order valence-electron chi connectivity index (χ2n) is 7.14. The maximum atomic E-state index is 13.1. The number of amides is 1. The Bertz CT molecular complexity index is 489. The third-order valence-corrected chi connectivity index (χ3v) is 4.96. The van der Waals surface area contributed by atoms with Gasteiger partial charge in [-0.15, -0.1) is 12.4 Å². The second-order valence-corrected chi connectivity index (χ2v) is 7.14. The molecule has 2 bridgehead atoms. The molecule has 0 aliphatic carbocycles. The topological polar surface area (TPSA) is 32.3 Å². The van der Waals surface area contributed by atoms with Gasteiger partial charge >= 0.3 is 0 Å². The summed E-state index contributed by atoms with van der Waals surface area (Å²) in [6, 6.07) is 11.2. The maximum Gasteiger partial charge on any atom is 0.229 e. The molecule has 22 heavy (non-hydrogen) atoms. The molecule has 0 aromatic heterocycles. The van der Waals surface area contributed by atoms with Crippen molar-refractivity contribution >= 4 is 18.3 Å². The van der Waals surface area contributed by atoms with Crippen molar-refractivity contribution in [3.63, 3.8) is 0 Å². The van der Waals surface area contributed by atoms with Crippen LogP contribution in [0.4, 0.5) is 0 Å². The molecule has 2 saturated heterocycles. The van der Waals surface area contributed by atoms with Crippen molar-refractivity contribution in [2.24, 2.45) is 5.41 Å². The highest BCUT2D eigenvalue weighted by molar-refractivity contribution is 5.85. The van der Waals surface area contributed by atoms with E-state index >= 15 is 0 Å². The summed E-state index contributed by atoms with van der Waals surface area (Å²) < 4.78 is 0. The first-order valence-electron chi connectivity index (χ1n) is 8.15. The van der Waals surface area contributed by atoms with E-state index in [-0.39, 0.29) is 17.8 Å². The molecule has 1 aromatic carbocycles. The summed E-state index contributed by atoms with van der Waals surface area (Å²) in [7, 11) is 0. The number of fused-ring (bicyclic) bond motifs is 2. The van der Waals surface area contributed by atoms with Crippen molar-refractivity contribution in [1.82, 2.24) is 10.2 Å². The molecule has 0 radical (unpaired) electrons. The van der Waals surface area contributed by atoms with Crippen molar-refractivity contribution in [3.8, 4) is 0 Å². The maximum absolute atomic E-state index is 13.1. The van der Waals surface area contributed by atoms with E-state index in [0.717, 1.165) is 32.4 Å². The third kappa shape index (κ3) is 3.47. The molecule has 1 N–H and O–H groups in total. The zero-order chi connectivity index (χ0) is 14.9. The Morgan fingerprint density at radius 1 is 1.18 bits per heavy atom. The quantitative estimate of drug-likeness (QED) is 0.927. The van der Waals surface area contributed by atoms with E-state index in [0.29, 0.717) is 18.0 Å². The van der Waals surface area contributed by atoms with Crippen molar-refractivity contribution in [2.75, 3.05) is 13.1 Å². The van der Waals surface area contributed by atoms with Crippen LogP contribution < -0.4 is 5.32 Å². The molecule has 0 saturated carbocycles. The van der Waals surface area contributed by atoms with E-state index in [1.165, 1.54) is 12.0 Å². The van der Waals surface area contributed by atoms with Gasteiger partial charge in [0.05, 0.1) is 0 Å². The fourth-order valence-electron chi connectivity index (χ4n) is 3.85. The van der Waals surface area contributed by atoms with Crippen LogP contribution in [0.25, 0.3) is 0 Å². The number of rotatable bonds is 3. The molecule has 2 fully saturated rings. The largest absolute Gasteiger partial charge is 0.335 e. The normalized spacial score (nSPS) is 24.5. The first-order chi connectivity index (χ1) is 10.1. The van der Waals surface area contributed by atoms with Crippen LogP contribution in [-0.4, -0.2) is 36.0 Å². The first kappa shape index (κ1) is 17.3. The predicted molar refractivity (Wildman–Crippen MR) is 92.3 cm³/mol. The van der Waals surface area contributed by atoms with Gasteiger partial charge in [0.2, 0.25) is 5.91 Å². The van der Waals surface area contributed by atoms with Gasteiger partial charge in [-0.05, 0) is 37.8 Å². The monoisotopic (exact) mass is 322 g/mol. The first-order valence-corrected chi connectivity index (χ1v) is 8.15. The van der Waals surface area contributed by atoms with Crippen LogP contribution in [-0.2, 0) is 11.2 Å². The lowest BCUT2D eigenvalue weighted by Crippen LogP contribution is -2.49. The summed E-state index contributed by atoms with van der Waals surface area (Å²) in [6.07, 6.45) is 4.25. The standard InChI is InChI=1S/C18H26N2O.ClH/c1-18(2,12-14-6-4-3-5-7-14)17(21)20-15-8-9-16(20)13-19-11-10-15;/h3-7,15-16,19H,8-13H2,1-2H3;1H. The number of halogens is 1. The van der Waals surface area contributed by atoms with Crippen LogP contribution in [0.1, 0.15) is 38.7 Å². The fourth-order valence-corrected chi connectivity index (χ4v) is 3.85. The summed E-state index contributed by atoms with van der Waals surface area (Å²) in [5.74, 6) is 0.336. The molecule has 2 unspecified atom stereocenters. The van der Waals surface area contributed by atoms with Crippen molar-refractivity contribution in [1.29, 1.82) is 0 Å². The highest BCUT2D eigenvalue weighted by atomic mass is 35.5. The van der Waals surface area contributed by atoms with E-state index in [1.54, 1.807) is 0 Å². The van der Waals surface area contributed by atoms with E-state index in [2.05, 4.69) is 48.3 Å². The molecular formula is C18H27ClN2O. The van der Waals surface area contributed by atoms with Crippen molar-refractivity contribution < 1.29 is 4.79 Å². The van der Waals surface area contributed by atoms with Gasteiger partial charge in [0.25, 0.3) is 0 Å². The van der Waals surface area contributed by atoms with Gasteiger partial charge in [0, 0.05) is 24.0 Å². The summed E-state index contributed by atoms with van der Waals surface area (Å²) in [5, 5.41) is 3.47. The molecule has 2 atom stereocenters. The molecule has 0 spiro atoms. The molecule has 1 aromatic rings. The molecule has 122 valence electrons. The number of nitrogens with one attached hydrogen (secondary N) is 1. The minimum Gasteiger partial charge on any atom is -0.335 e. The van der Waals surface area contributed by atoms with Gasteiger partial charge in [-0.3, -0.25) is 4.79 Å². The highest BCUT2D eigenvalue weighted by Crippen LogP contribution is 2.34. The lowest BCUT2D eigenvalue weighted by atomic mass is 9.83. The van der Waals surface area contributed by atoms with Crippen LogP contribution in [0.2, 0.25) is 0 Å². The summed E-state index contributed by atoms with van der Waals surface area (Å²) in [6.45, 7) is 6.20. The number of hydrogen-bond acceptors (Lipinski definition) is 2.